The molecule has 3 rings (SSSR count). The topological polar surface area (TPSA) is 190 Å². The third kappa shape index (κ3) is 5.87. The highest BCUT2D eigenvalue weighted by atomic mass is 32.1. The van der Waals surface area contributed by atoms with Gasteiger partial charge in [0, 0.05) is 24.9 Å². The van der Waals surface area contributed by atoms with Crippen LogP contribution in [0.4, 0.5) is 10.8 Å². The molecule has 11 nitrogen and oxygen atoms in total. The van der Waals surface area contributed by atoms with E-state index in [1.807, 2.05) is 30.3 Å². The lowest BCUT2D eigenvalue weighted by Crippen LogP contribution is -2.40. The number of benzene rings is 2. The first-order valence-corrected chi connectivity index (χ1v) is 10.9. The largest absolute Gasteiger partial charge is 0.498 e. The Morgan fingerprint density at radius 3 is 2.32 bits per heavy atom. The number of nitrogen functional groups attached to an aromatic ring is 1. The lowest BCUT2D eigenvalue weighted by atomic mass is 10.0. The molecule has 0 saturated heterocycles. The standard InChI is InChI=1S/C22H26N4O7S/c1-33-16(13-5-3-2-4-6-13)11-24-12-21(29,30)14-7-9-15(10-8-14)25-19(28)22(31,32)17-18(27)34-20(23)26-17/h2-10,16,24,27,29-32H,11-12H2,1H3,(H2,23,26)(H,25,28). The van der Waals surface area contributed by atoms with E-state index >= 15 is 0 Å². The van der Waals surface area contributed by atoms with Crippen LogP contribution in [-0.2, 0) is 21.1 Å². The van der Waals surface area contributed by atoms with E-state index in [1.165, 1.54) is 24.3 Å². The SMILES string of the molecule is COC(CNCC(O)(O)c1ccc(NC(=O)C(O)(O)c2nc(N)sc2O)cc1)c1ccccc1. The van der Waals surface area contributed by atoms with E-state index in [1.54, 1.807) is 7.11 Å². The normalized spacial score (nSPS) is 13.0. The Bertz CT molecular complexity index is 1100. The van der Waals surface area contributed by atoms with E-state index in [9.17, 15) is 30.3 Å². The molecule has 182 valence electrons. The summed E-state index contributed by atoms with van der Waals surface area (Å²) in [6.07, 6.45) is -0.278. The molecule has 1 heterocycles. The number of carbonyl (C=O) groups is 1. The first-order valence-electron chi connectivity index (χ1n) is 10.1. The van der Waals surface area contributed by atoms with Crippen LogP contribution in [0.1, 0.15) is 22.9 Å². The van der Waals surface area contributed by atoms with Gasteiger partial charge in [-0.2, -0.15) is 0 Å². The molecule has 1 unspecified atom stereocenters. The zero-order valence-electron chi connectivity index (χ0n) is 18.2. The van der Waals surface area contributed by atoms with Gasteiger partial charge in [0.2, 0.25) is 10.9 Å². The molecular weight excluding hydrogens is 464 g/mol. The minimum Gasteiger partial charge on any atom is -0.498 e. The fraction of sp³-hybridized carbons (Fsp3) is 0.273. The highest BCUT2D eigenvalue weighted by Gasteiger charge is 2.41. The van der Waals surface area contributed by atoms with Crippen molar-refractivity contribution < 1.29 is 35.1 Å². The van der Waals surface area contributed by atoms with Gasteiger partial charge in [0.1, 0.15) is 0 Å². The maximum Gasteiger partial charge on any atom is 0.294 e. The smallest absolute Gasteiger partial charge is 0.294 e. The average Bonchev–Trinajstić information content (AvgIpc) is 3.16. The van der Waals surface area contributed by atoms with Gasteiger partial charge in [-0.25, -0.2) is 4.98 Å². The molecule has 12 heteroatoms. The van der Waals surface area contributed by atoms with E-state index in [2.05, 4.69) is 15.6 Å². The molecule has 34 heavy (non-hydrogen) atoms. The fourth-order valence-corrected chi connectivity index (χ4v) is 3.81. The summed E-state index contributed by atoms with van der Waals surface area (Å²) in [5, 5.41) is 55.3. The monoisotopic (exact) mass is 490 g/mol. The molecule has 0 radical (unpaired) electrons. The quantitative estimate of drug-likeness (QED) is 0.184. The summed E-state index contributed by atoms with van der Waals surface area (Å²) in [6, 6.07) is 14.9. The fourth-order valence-electron chi connectivity index (χ4n) is 3.19. The number of ether oxygens (including phenoxy) is 1. The van der Waals surface area contributed by atoms with E-state index in [0.717, 1.165) is 5.56 Å². The number of nitrogens with zero attached hydrogens (tertiary/aromatic N) is 1. The van der Waals surface area contributed by atoms with Crippen LogP contribution in [0.15, 0.2) is 54.6 Å². The number of aromatic hydroxyl groups is 1. The lowest BCUT2D eigenvalue weighted by molar-refractivity contribution is -0.185. The van der Waals surface area contributed by atoms with Crippen molar-refractivity contribution in [2.45, 2.75) is 17.7 Å². The first kappa shape index (κ1) is 25.5. The van der Waals surface area contributed by atoms with Crippen LogP contribution in [0.5, 0.6) is 5.06 Å². The number of nitrogens with two attached hydrogens (primary N) is 1. The highest BCUT2D eigenvalue weighted by Crippen LogP contribution is 2.34. The lowest BCUT2D eigenvalue weighted by Gasteiger charge is -2.25. The number of carbonyl (C=O) groups excluding carboxylic acids is 1. The van der Waals surface area contributed by atoms with Gasteiger partial charge in [-0.05, 0) is 17.7 Å². The Labute approximate surface area is 199 Å². The van der Waals surface area contributed by atoms with Gasteiger partial charge in [-0.3, -0.25) is 4.79 Å². The molecule has 0 aliphatic heterocycles. The molecule has 9 N–H and O–H groups in total. The Balaban J connectivity index is 1.60. The number of rotatable bonds is 10. The summed E-state index contributed by atoms with van der Waals surface area (Å²) < 4.78 is 5.44. The Morgan fingerprint density at radius 1 is 1.12 bits per heavy atom. The maximum absolute atomic E-state index is 12.3. The van der Waals surface area contributed by atoms with Gasteiger partial charge in [0.05, 0.1) is 12.6 Å². The highest BCUT2D eigenvalue weighted by molar-refractivity contribution is 7.17. The molecule has 3 aromatic rings. The van der Waals surface area contributed by atoms with Crippen LogP contribution in [0.2, 0.25) is 0 Å². The third-order valence-electron chi connectivity index (χ3n) is 5.03. The molecular formula is C22H26N4O7S. The van der Waals surface area contributed by atoms with Crippen LogP contribution >= 0.6 is 11.3 Å². The molecule has 0 aliphatic rings. The van der Waals surface area contributed by atoms with Gasteiger partial charge in [0.25, 0.3) is 11.7 Å². The summed E-state index contributed by atoms with van der Waals surface area (Å²) >= 11 is 0.586. The minimum absolute atomic E-state index is 0.135. The maximum atomic E-state index is 12.3. The molecule has 0 aliphatic carbocycles. The van der Waals surface area contributed by atoms with Gasteiger partial charge in [-0.1, -0.05) is 53.8 Å². The van der Waals surface area contributed by atoms with Crippen LogP contribution in [-0.4, -0.2) is 56.6 Å². The molecule has 0 spiro atoms. The second-order valence-corrected chi connectivity index (χ2v) is 8.50. The van der Waals surface area contributed by atoms with E-state index < -0.39 is 28.2 Å². The van der Waals surface area contributed by atoms with E-state index in [-0.39, 0.29) is 29.0 Å². The number of anilines is 2. The number of nitrogens with one attached hydrogen (secondary N) is 2. The summed E-state index contributed by atoms with van der Waals surface area (Å²) in [5.41, 5.74) is 5.93. The molecule has 0 bridgehead atoms. The number of methoxy groups -OCH3 is 1. The minimum atomic E-state index is -3.13. The summed E-state index contributed by atoms with van der Waals surface area (Å²) in [5.74, 6) is -6.64. The zero-order valence-corrected chi connectivity index (χ0v) is 19.0. The third-order valence-corrected chi connectivity index (χ3v) is 5.72. The number of aromatic nitrogens is 1. The molecule has 0 saturated carbocycles. The van der Waals surface area contributed by atoms with Crippen molar-refractivity contribution in [1.29, 1.82) is 0 Å². The van der Waals surface area contributed by atoms with Gasteiger partial charge in [0.15, 0.2) is 10.8 Å². The Morgan fingerprint density at radius 2 is 1.76 bits per heavy atom. The van der Waals surface area contributed by atoms with E-state index in [0.29, 0.717) is 17.9 Å². The summed E-state index contributed by atoms with van der Waals surface area (Å²) in [7, 11) is 1.57. The Hall–Kier alpha value is -3.10. The van der Waals surface area contributed by atoms with Crippen molar-refractivity contribution in [3.8, 4) is 5.06 Å². The molecule has 2 aromatic carbocycles. The van der Waals surface area contributed by atoms with Gasteiger partial charge < -0.3 is 46.6 Å². The zero-order chi connectivity index (χ0) is 24.9. The van der Waals surface area contributed by atoms with E-state index in [4.69, 9.17) is 10.5 Å². The van der Waals surface area contributed by atoms with Gasteiger partial charge >= 0.3 is 0 Å². The van der Waals surface area contributed by atoms with Crippen molar-refractivity contribution in [3.05, 3.63) is 71.4 Å². The van der Waals surface area contributed by atoms with Crippen LogP contribution < -0.4 is 16.4 Å². The number of hydrogen-bond acceptors (Lipinski definition) is 11. The van der Waals surface area contributed by atoms with Crippen molar-refractivity contribution >= 4 is 28.1 Å². The number of aliphatic hydroxyl groups is 4. The summed E-state index contributed by atoms with van der Waals surface area (Å²) in [4.78, 5) is 15.9. The van der Waals surface area contributed by atoms with Gasteiger partial charge in [-0.15, -0.1) is 0 Å². The number of hydrogen-bond donors (Lipinski definition) is 8. The molecule has 1 atom stereocenters. The Kier molecular flexibility index (Phi) is 7.84. The predicted octanol–water partition coefficient (Wildman–Crippen LogP) is 0.322. The molecule has 1 amide bonds. The van der Waals surface area contributed by atoms with Crippen molar-refractivity contribution in [1.82, 2.24) is 10.3 Å². The second-order valence-electron chi connectivity index (χ2n) is 7.49. The molecule has 0 fully saturated rings. The van der Waals surface area contributed by atoms with Crippen LogP contribution in [0, 0.1) is 0 Å². The van der Waals surface area contributed by atoms with Crippen molar-refractivity contribution in [3.63, 3.8) is 0 Å². The van der Waals surface area contributed by atoms with Crippen molar-refractivity contribution in [2.24, 2.45) is 0 Å². The second kappa shape index (κ2) is 10.4. The first-order chi connectivity index (χ1) is 16.0. The molecule has 1 aromatic heterocycles. The van der Waals surface area contributed by atoms with Crippen LogP contribution in [0.25, 0.3) is 0 Å². The number of thiazole rings is 1. The predicted molar refractivity (Wildman–Crippen MR) is 125 cm³/mol. The number of amides is 1. The van der Waals surface area contributed by atoms with Crippen LogP contribution in [0.3, 0.4) is 0 Å². The summed E-state index contributed by atoms with van der Waals surface area (Å²) in [6.45, 7) is 0.132. The van der Waals surface area contributed by atoms with Crippen molar-refractivity contribution in [2.75, 3.05) is 31.2 Å². The average molecular weight is 491 g/mol.